The molecule has 0 saturated heterocycles. The molecule has 1 heteroatoms. The Hall–Kier alpha value is -0.170. The first kappa shape index (κ1) is 8.83. The standard InChI is InChI=1S/C8H14S/c1-5-7(3)9-8(4)6-2/h5-8H,1-2H2,3-4H3/t7-,8-/m1/s1. The van der Waals surface area contributed by atoms with Crippen LogP contribution >= 0.6 is 11.8 Å². The monoisotopic (exact) mass is 142 g/mol. The van der Waals surface area contributed by atoms with Gasteiger partial charge in [-0.05, 0) is 13.8 Å². The molecular weight excluding hydrogens is 128 g/mol. The summed E-state index contributed by atoms with van der Waals surface area (Å²) in [5.41, 5.74) is 0. The van der Waals surface area contributed by atoms with Crippen LogP contribution < -0.4 is 0 Å². The molecule has 0 saturated carbocycles. The highest BCUT2D eigenvalue weighted by Gasteiger charge is 2.00. The van der Waals surface area contributed by atoms with Gasteiger partial charge >= 0.3 is 0 Å². The van der Waals surface area contributed by atoms with Crippen molar-refractivity contribution in [3.63, 3.8) is 0 Å². The van der Waals surface area contributed by atoms with E-state index in [0.29, 0.717) is 10.5 Å². The van der Waals surface area contributed by atoms with Crippen molar-refractivity contribution in [3.05, 3.63) is 25.3 Å². The largest absolute Gasteiger partial charge is 0.147 e. The summed E-state index contributed by atoms with van der Waals surface area (Å²) in [6, 6.07) is 0. The molecule has 0 unspecified atom stereocenters. The van der Waals surface area contributed by atoms with Gasteiger partial charge in [0, 0.05) is 10.5 Å². The highest BCUT2D eigenvalue weighted by atomic mass is 32.2. The van der Waals surface area contributed by atoms with E-state index in [9.17, 15) is 0 Å². The van der Waals surface area contributed by atoms with Crippen molar-refractivity contribution in [1.82, 2.24) is 0 Å². The molecule has 0 aliphatic heterocycles. The van der Waals surface area contributed by atoms with E-state index in [1.54, 1.807) is 0 Å². The first-order valence-corrected chi connectivity index (χ1v) is 4.05. The van der Waals surface area contributed by atoms with Gasteiger partial charge in [0.15, 0.2) is 0 Å². The van der Waals surface area contributed by atoms with Gasteiger partial charge in [0.2, 0.25) is 0 Å². The van der Waals surface area contributed by atoms with Crippen molar-refractivity contribution in [2.45, 2.75) is 24.3 Å². The topological polar surface area (TPSA) is 0 Å². The summed E-state index contributed by atoms with van der Waals surface area (Å²) in [5.74, 6) is 0. The molecule has 0 radical (unpaired) electrons. The van der Waals surface area contributed by atoms with Gasteiger partial charge in [-0.3, -0.25) is 0 Å². The molecule has 0 amide bonds. The van der Waals surface area contributed by atoms with Crippen molar-refractivity contribution < 1.29 is 0 Å². The predicted molar refractivity (Wildman–Crippen MR) is 46.9 cm³/mol. The Morgan fingerprint density at radius 1 is 1.11 bits per heavy atom. The minimum Gasteiger partial charge on any atom is -0.147 e. The van der Waals surface area contributed by atoms with Gasteiger partial charge in [-0.25, -0.2) is 0 Å². The summed E-state index contributed by atoms with van der Waals surface area (Å²) in [6.07, 6.45) is 3.90. The van der Waals surface area contributed by atoms with E-state index in [4.69, 9.17) is 0 Å². The molecule has 0 bridgehead atoms. The van der Waals surface area contributed by atoms with E-state index >= 15 is 0 Å². The fraction of sp³-hybridized carbons (Fsp3) is 0.500. The van der Waals surface area contributed by atoms with Crippen LogP contribution in [0.25, 0.3) is 0 Å². The van der Waals surface area contributed by atoms with Crippen LogP contribution in [0, 0.1) is 0 Å². The summed E-state index contributed by atoms with van der Waals surface area (Å²) in [5, 5.41) is 1.08. The maximum atomic E-state index is 3.69. The van der Waals surface area contributed by atoms with Crippen molar-refractivity contribution >= 4 is 11.8 Å². The minimum atomic E-state index is 0.540. The SMILES string of the molecule is C=C[C@@H](C)S[C@H](C)C=C. The molecule has 0 N–H and O–H groups in total. The Kier molecular flexibility index (Phi) is 4.60. The molecule has 0 spiro atoms. The summed E-state index contributed by atoms with van der Waals surface area (Å²) < 4.78 is 0. The molecule has 0 heterocycles. The minimum absolute atomic E-state index is 0.540. The van der Waals surface area contributed by atoms with Gasteiger partial charge in [-0.15, -0.1) is 24.9 Å². The van der Waals surface area contributed by atoms with E-state index in [2.05, 4.69) is 27.0 Å². The fourth-order valence-corrected chi connectivity index (χ4v) is 1.35. The molecule has 0 aromatic heterocycles. The van der Waals surface area contributed by atoms with Gasteiger partial charge < -0.3 is 0 Å². The van der Waals surface area contributed by atoms with Gasteiger partial charge in [-0.2, -0.15) is 0 Å². The fourth-order valence-electron chi connectivity index (χ4n) is 0.450. The Morgan fingerprint density at radius 3 is 1.67 bits per heavy atom. The van der Waals surface area contributed by atoms with Crippen LogP contribution in [0.4, 0.5) is 0 Å². The molecule has 52 valence electrons. The highest BCUT2D eigenvalue weighted by molar-refractivity contribution is 8.00. The molecule has 0 fully saturated rings. The van der Waals surface area contributed by atoms with Gasteiger partial charge in [0.25, 0.3) is 0 Å². The zero-order valence-corrected chi connectivity index (χ0v) is 6.95. The van der Waals surface area contributed by atoms with Crippen LogP contribution in [0.15, 0.2) is 25.3 Å². The van der Waals surface area contributed by atoms with Gasteiger partial charge in [0.05, 0.1) is 0 Å². The van der Waals surface area contributed by atoms with Crippen LogP contribution in [0.5, 0.6) is 0 Å². The second-order valence-corrected chi connectivity index (χ2v) is 3.78. The average Bonchev–Trinajstić information content (AvgIpc) is 1.87. The molecule has 0 rings (SSSR count). The Balaban J connectivity index is 3.45. The van der Waals surface area contributed by atoms with Crippen LogP contribution in [0.3, 0.4) is 0 Å². The molecule has 0 aliphatic rings. The predicted octanol–water partition coefficient (Wildman–Crippen LogP) is 2.87. The summed E-state index contributed by atoms with van der Waals surface area (Å²) in [4.78, 5) is 0. The third-order valence-corrected chi connectivity index (χ3v) is 2.34. The van der Waals surface area contributed by atoms with Crippen LogP contribution in [0.1, 0.15) is 13.8 Å². The molecule has 0 aromatic rings. The van der Waals surface area contributed by atoms with Gasteiger partial charge in [0.1, 0.15) is 0 Å². The first-order chi connectivity index (χ1) is 4.20. The van der Waals surface area contributed by atoms with E-state index in [-0.39, 0.29) is 0 Å². The van der Waals surface area contributed by atoms with E-state index < -0.39 is 0 Å². The molecule has 9 heavy (non-hydrogen) atoms. The first-order valence-electron chi connectivity index (χ1n) is 3.11. The molecule has 0 nitrogen and oxygen atoms in total. The quantitative estimate of drug-likeness (QED) is 0.544. The zero-order chi connectivity index (χ0) is 7.28. The highest BCUT2D eigenvalue weighted by Crippen LogP contribution is 2.17. The van der Waals surface area contributed by atoms with Crippen LogP contribution in [-0.2, 0) is 0 Å². The van der Waals surface area contributed by atoms with Crippen LogP contribution in [-0.4, -0.2) is 10.5 Å². The van der Waals surface area contributed by atoms with Crippen molar-refractivity contribution in [1.29, 1.82) is 0 Å². The van der Waals surface area contributed by atoms with E-state index in [1.165, 1.54) is 0 Å². The third-order valence-electron chi connectivity index (χ3n) is 1.09. The van der Waals surface area contributed by atoms with Crippen molar-refractivity contribution in [3.8, 4) is 0 Å². The normalized spacial score (nSPS) is 16.2. The van der Waals surface area contributed by atoms with E-state index in [1.807, 2.05) is 23.9 Å². The Labute approximate surface area is 62.0 Å². The number of rotatable bonds is 4. The Bertz CT molecular complexity index is 84.7. The second kappa shape index (κ2) is 4.68. The number of thioether (sulfide) groups is 1. The molecule has 0 aromatic carbocycles. The maximum absolute atomic E-state index is 3.69. The van der Waals surface area contributed by atoms with Crippen molar-refractivity contribution in [2.24, 2.45) is 0 Å². The smallest absolute Gasteiger partial charge is 0.0201 e. The zero-order valence-electron chi connectivity index (χ0n) is 6.13. The average molecular weight is 142 g/mol. The lowest BCUT2D eigenvalue weighted by molar-refractivity contribution is 1.19. The van der Waals surface area contributed by atoms with Crippen LogP contribution in [0.2, 0.25) is 0 Å². The van der Waals surface area contributed by atoms with E-state index in [0.717, 1.165) is 0 Å². The summed E-state index contributed by atoms with van der Waals surface area (Å²) in [6.45, 7) is 11.7. The maximum Gasteiger partial charge on any atom is 0.0201 e. The lowest BCUT2D eigenvalue weighted by Gasteiger charge is -2.08. The molecule has 0 aliphatic carbocycles. The number of hydrogen-bond donors (Lipinski definition) is 0. The third kappa shape index (κ3) is 4.34. The second-order valence-electron chi connectivity index (χ2n) is 2.02. The number of hydrogen-bond acceptors (Lipinski definition) is 1. The lowest BCUT2D eigenvalue weighted by Crippen LogP contribution is -1.97. The van der Waals surface area contributed by atoms with Crippen molar-refractivity contribution in [2.75, 3.05) is 0 Å². The summed E-state index contributed by atoms with van der Waals surface area (Å²) >= 11 is 1.86. The van der Waals surface area contributed by atoms with Gasteiger partial charge in [-0.1, -0.05) is 12.2 Å². The molecular formula is C8H14S. The molecule has 2 atom stereocenters. The lowest BCUT2D eigenvalue weighted by atomic mass is 10.5. The summed E-state index contributed by atoms with van der Waals surface area (Å²) in [7, 11) is 0. The Morgan fingerprint density at radius 2 is 1.44 bits per heavy atom.